The molecule has 0 aromatic rings. The maximum absolute atomic E-state index is 12.3. The second-order valence-electron chi connectivity index (χ2n) is 7.45. The van der Waals surface area contributed by atoms with Crippen LogP contribution in [0, 0.1) is 22.7 Å². The van der Waals surface area contributed by atoms with Crippen LogP contribution in [-0.4, -0.2) is 54.8 Å². The van der Waals surface area contributed by atoms with Gasteiger partial charge < -0.3 is 15.5 Å². The van der Waals surface area contributed by atoms with Crippen molar-refractivity contribution in [1.82, 2.24) is 9.80 Å². The number of nitrogens with zero attached hydrogens (tertiary/aromatic N) is 2. The van der Waals surface area contributed by atoms with Crippen molar-refractivity contribution in [3.8, 4) is 0 Å². The molecule has 2 heterocycles. The van der Waals surface area contributed by atoms with Crippen LogP contribution < -0.4 is 5.73 Å². The lowest BCUT2D eigenvalue weighted by atomic mass is 9.71. The van der Waals surface area contributed by atoms with Gasteiger partial charge in [-0.2, -0.15) is 0 Å². The first-order valence-electron chi connectivity index (χ1n) is 7.02. The van der Waals surface area contributed by atoms with Crippen molar-refractivity contribution in [2.24, 2.45) is 28.4 Å². The number of primary amides is 1. The molecule has 2 amide bonds. The van der Waals surface area contributed by atoms with E-state index in [4.69, 9.17) is 5.73 Å². The molecular formula is C14H23N3O2. The van der Waals surface area contributed by atoms with E-state index in [1.165, 1.54) is 0 Å². The summed E-state index contributed by atoms with van der Waals surface area (Å²) in [6.45, 7) is 7.29. The van der Waals surface area contributed by atoms with Gasteiger partial charge in [-0.15, -0.1) is 0 Å². The highest BCUT2D eigenvalue weighted by Gasteiger charge is 2.60. The monoisotopic (exact) mass is 265 g/mol. The van der Waals surface area contributed by atoms with Crippen molar-refractivity contribution in [3.05, 3.63) is 0 Å². The summed E-state index contributed by atoms with van der Waals surface area (Å²) in [5.74, 6) is 0.140. The smallest absolute Gasteiger partial charge is 0.226 e. The Morgan fingerprint density at radius 2 is 1.74 bits per heavy atom. The summed E-state index contributed by atoms with van der Waals surface area (Å²) in [6.07, 6.45) is 0.995. The molecule has 5 nitrogen and oxygen atoms in total. The van der Waals surface area contributed by atoms with Crippen molar-refractivity contribution in [1.29, 1.82) is 0 Å². The van der Waals surface area contributed by atoms with Gasteiger partial charge in [-0.05, 0) is 18.9 Å². The minimum Gasteiger partial charge on any atom is -0.369 e. The first kappa shape index (κ1) is 12.9. The van der Waals surface area contributed by atoms with E-state index in [-0.39, 0.29) is 34.5 Å². The highest BCUT2D eigenvalue weighted by Crippen LogP contribution is 2.54. The number of carbonyl (C=O) groups excluding carboxylic acids is 2. The molecule has 0 aromatic heterocycles. The minimum atomic E-state index is -0.219. The topological polar surface area (TPSA) is 66.6 Å². The molecule has 1 aliphatic carbocycles. The van der Waals surface area contributed by atoms with Crippen LogP contribution >= 0.6 is 0 Å². The molecule has 106 valence electrons. The lowest BCUT2D eigenvalue weighted by molar-refractivity contribution is -0.150. The maximum atomic E-state index is 12.3. The summed E-state index contributed by atoms with van der Waals surface area (Å²) in [6, 6.07) is 0. The van der Waals surface area contributed by atoms with E-state index < -0.39 is 0 Å². The molecular weight excluding hydrogens is 242 g/mol. The number of likely N-dealkylation sites (tertiary alicyclic amines) is 2. The Hall–Kier alpha value is -1.10. The third-order valence-corrected chi connectivity index (χ3v) is 5.30. The fraction of sp³-hybridized carbons (Fsp3) is 0.857. The van der Waals surface area contributed by atoms with Crippen LogP contribution in [-0.2, 0) is 9.59 Å². The quantitative estimate of drug-likeness (QED) is 0.758. The van der Waals surface area contributed by atoms with E-state index in [9.17, 15) is 9.59 Å². The molecule has 3 aliphatic rings. The maximum Gasteiger partial charge on any atom is 0.226 e. The van der Waals surface area contributed by atoms with Gasteiger partial charge in [0.25, 0.3) is 0 Å². The fourth-order valence-electron chi connectivity index (χ4n) is 3.91. The van der Waals surface area contributed by atoms with Crippen LogP contribution in [0.4, 0.5) is 0 Å². The van der Waals surface area contributed by atoms with E-state index in [1.807, 2.05) is 11.9 Å². The number of hydrogen-bond donors (Lipinski definition) is 1. The number of nitrogens with two attached hydrogens (primary N) is 1. The van der Waals surface area contributed by atoms with E-state index in [0.717, 1.165) is 19.5 Å². The molecule has 0 radical (unpaired) electrons. The summed E-state index contributed by atoms with van der Waals surface area (Å²) in [5, 5.41) is 0. The Balaban J connectivity index is 1.65. The Morgan fingerprint density at radius 1 is 1.16 bits per heavy atom. The fourth-order valence-corrected chi connectivity index (χ4v) is 3.91. The number of hydrogen-bond acceptors (Lipinski definition) is 3. The van der Waals surface area contributed by atoms with Gasteiger partial charge in [0.05, 0.1) is 5.92 Å². The molecule has 5 heteroatoms. The summed E-state index contributed by atoms with van der Waals surface area (Å²) in [4.78, 5) is 27.9. The van der Waals surface area contributed by atoms with Gasteiger partial charge in [-0.1, -0.05) is 13.8 Å². The molecule has 3 fully saturated rings. The largest absolute Gasteiger partial charge is 0.369 e. The third-order valence-electron chi connectivity index (χ3n) is 5.30. The standard InChI is InChI=1S/C14H23N3O2/c1-13(2)4-9(13)12(19)17-7-14(8-17)6-16(3)5-10(14)11(15)18/h9-10H,4-8H2,1-3H3,(H2,15,18). The van der Waals surface area contributed by atoms with E-state index in [2.05, 4.69) is 18.7 Å². The molecule has 1 spiro atoms. The van der Waals surface area contributed by atoms with Gasteiger partial charge in [-0.25, -0.2) is 0 Å². The number of rotatable bonds is 2. The number of carbonyl (C=O) groups is 2. The molecule has 2 saturated heterocycles. The predicted molar refractivity (Wildman–Crippen MR) is 71.1 cm³/mol. The SMILES string of the molecule is CN1CC(C(N)=O)C2(C1)CN(C(=O)C1CC1(C)C)C2. The molecule has 1 saturated carbocycles. The first-order valence-corrected chi connectivity index (χ1v) is 7.02. The Bertz CT molecular complexity index is 440. The molecule has 19 heavy (non-hydrogen) atoms. The third kappa shape index (κ3) is 1.86. The summed E-state index contributed by atoms with van der Waals surface area (Å²) in [5.41, 5.74) is 5.61. The van der Waals surface area contributed by atoms with Crippen LogP contribution in [0.25, 0.3) is 0 Å². The molecule has 0 bridgehead atoms. The highest BCUT2D eigenvalue weighted by molar-refractivity contribution is 5.84. The molecule has 2 atom stereocenters. The Kier molecular flexibility index (Phi) is 2.53. The van der Waals surface area contributed by atoms with Crippen molar-refractivity contribution < 1.29 is 9.59 Å². The van der Waals surface area contributed by atoms with Gasteiger partial charge >= 0.3 is 0 Å². The Labute approximate surface area is 114 Å². The number of amides is 2. The zero-order valence-corrected chi connectivity index (χ0v) is 12.0. The first-order chi connectivity index (χ1) is 8.75. The average molecular weight is 265 g/mol. The second-order valence-corrected chi connectivity index (χ2v) is 7.45. The molecule has 2 unspecified atom stereocenters. The van der Waals surface area contributed by atoms with Gasteiger partial charge in [-0.3, -0.25) is 9.59 Å². The van der Waals surface area contributed by atoms with Gasteiger partial charge in [0.15, 0.2) is 0 Å². The summed E-state index contributed by atoms with van der Waals surface area (Å²) in [7, 11) is 2.01. The summed E-state index contributed by atoms with van der Waals surface area (Å²) < 4.78 is 0. The zero-order chi connectivity index (χ0) is 14.0. The van der Waals surface area contributed by atoms with Crippen molar-refractivity contribution >= 4 is 11.8 Å². The average Bonchev–Trinajstić information content (AvgIpc) is 2.73. The van der Waals surface area contributed by atoms with Crippen molar-refractivity contribution in [3.63, 3.8) is 0 Å². The Morgan fingerprint density at radius 3 is 2.21 bits per heavy atom. The van der Waals surface area contributed by atoms with Crippen LogP contribution in [0.3, 0.4) is 0 Å². The van der Waals surface area contributed by atoms with Gasteiger partial charge in [0, 0.05) is 37.5 Å². The van der Waals surface area contributed by atoms with Crippen LogP contribution in [0.2, 0.25) is 0 Å². The zero-order valence-electron chi connectivity index (χ0n) is 12.0. The van der Waals surface area contributed by atoms with Crippen molar-refractivity contribution in [2.75, 3.05) is 33.2 Å². The van der Waals surface area contributed by atoms with Gasteiger partial charge in [0.2, 0.25) is 11.8 Å². The van der Waals surface area contributed by atoms with Crippen molar-refractivity contribution in [2.45, 2.75) is 20.3 Å². The van der Waals surface area contributed by atoms with Crippen LogP contribution in [0.1, 0.15) is 20.3 Å². The minimum absolute atomic E-state index is 0.0741. The molecule has 3 rings (SSSR count). The van der Waals surface area contributed by atoms with Crippen LogP contribution in [0.15, 0.2) is 0 Å². The van der Waals surface area contributed by atoms with E-state index in [0.29, 0.717) is 13.1 Å². The second kappa shape index (κ2) is 3.72. The summed E-state index contributed by atoms with van der Waals surface area (Å²) >= 11 is 0. The normalized spacial score (nSPS) is 35.2. The van der Waals surface area contributed by atoms with Crippen LogP contribution in [0.5, 0.6) is 0 Å². The predicted octanol–water partition coefficient (Wildman–Crippen LogP) is -0.0920. The van der Waals surface area contributed by atoms with E-state index >= 15 is 0 Å². The molecule has 2 aliphatic heterocycles. The van der Waals surface area contributed by atoms with Gasteiger partial charge in [0.1, 0.15) is 0 Å². The lowest BCUT2D eigenvalue weighted by Crippen LogP contribution is -2.64. The molecule has 0 aromatic carbocycles. The lowest BCUT2D eigenvalue weighted by Gasteiger charge is -2.50. The van der Waals surface area contributed by atoms with E-state index in [1.54, 1.807) is 0 Å². The molecule has 2 N–H and O–H groups in total. The highest BCUT2D eigenvalue weighted by atomic mass is 16.2.